The maximum absolute atomic E-state index is 6.20. The summed E-state index contributed by atoms with van der Waals surface area (Å²) in [5.74, 6) is 0.703. The summed E-state index contributed by atoms with van der Waals surface area (Å²) in [7, 11) is 1.95. The third-order valence-corrected chi connectivity index (χ3v) is 3.49. The molecule has 1 aromatic carbocycles. The molecule has 1 N–H and O–H groups in total. The van der Waals surface area contributed by atoms with Crippen molar-refractivity contribution in [1.82, 2.24) is 15.3 Å². The van der Waals surface area contributed by atoms with Gasteiger partial charge in [0, 0.05) is 17.0 Å². The van der Waals surface area contributed by atoms with E-state index in [0.717, 1.165) is 29.9 Å². The highest BCUT2D eigenvalue weighted by Crippen LogP contribution is 2.26. The lowest BCUT2D eigenvalue weighted by atomic mass is 10.1. The molecule has 3 nitrogen and oxygen atoms in total. The highest BCUT2D eigenvalue weighted by molar-refractivity contribution is 6.33. The number of aryl methyl sites for hydroxylation is 2. The SMILES string of the molecule is CNCCc1c(C)nc(-c2ccccc2Cl)nc1C. The molecule has 2 aromatic rings. The van der Waals surface area contributed by atoms with Gasteiger partial charge in [-0.2, -0.15) is 0 Å². The number of benzene rings is 1. The van der Waals surface area contributed by atoms with Gasteiger partial charge in [0.15, 0.2) is 5.82 Å². The molecule has 0 aliphatic heterocycles. The molecule has 0 fully saturated rings. The molecular formula is C15H18ClN3. The van der Waals surface area contributed by atoms with Crippen LogP contribution in [0.15, 0.2) is 24.3 Å². The van der Waals surface area contributed by atoms with Gasteiger partial charge in [-0.1, -0.05) is 23.7 Å². The van der Waals surface area contributed by atoms with Crippen molar-refractivity contribution in [3.05, 3.63) is 46.2 Å². The van der Waals surface area contributed by atoms with Gasteiger partial charge in [-0.3, -0.25) is 0 Å². The van der Waals surface area contributed by atoms with E-state index >= 15 is 0 Å². The fourth-order valence-corrected chi connectivity index (χ4v) is 2.33. The van der Waals surface area contributed by atoms with Gasteiger partial charge in [-0.15, -0.1) is 0 Å². The van der Waals surface area contributed by atoms with Crippen molar-refractivity contribution in [2.24, 2.45) is 0 Å². The normalized spacial score (nSPS) is 10.7. The van der Waals surface area contributed by atoms with E-state index in [2.05, 4.69) is 15.3 Å². The third-order valence-electron chi connectivity index (χ3n) is 3.16. The van der Waals surface area contributed by atoms with Gasteiger partial charge in [-0.25, -0.2) is 9.97 Å². The molecule has 4 heteroatoms. The molecule has 2 rings (SSSR count). The Bertz CT molecular complexity index is 558. The van der Waals surface area contributed by atoms with Crippen LogP contribution in [0.3, 0.4) is 0 Å². The summed E-state index contributed by atoms with van der Waals surface area (Å²) in [6.07, 6.45) is 0.941. The Morgan fingerprint density at radius 1 is 1.11 bits per heavy atom. The number of hydrogen-bond acceptors (Lipinski definition) is 3. The predicted octanol–water partition coefficient (Wildman–Crippen LogP) is 3.18. The second-order valence-corrected chi connectivity index (χ2v) is 4.94. The van der Waals surface area contributed by atoms with Crippen molar-refractivity contribution in [2.45, 2.75) is 20.3 Å². The number of aromatic nitrogens is 2. The molecule has 0 unspecified atom stereocenters. The van der Waals surface area contributed by atoms with Crippen LogP contribution in [-0.4, -0.2) is 23.6 Å². The van der Waals surface area contributed by atoms with E-state index in [1.807, 2.05) is 45.2 Å². The molecule has 0 aliphatic carbocycles. The van der Waals surface area contributed by atoms with Crippen LogP contribution in [0.4, 0.5) is 0 Å². The van der Waals surface area contributed by atoms with Crippen LogP contribution < -0.4 is 5.32 Å². The first kappa shape index (κ1) is 14.0. The summed E-state index contributed by atoms with van der Waals surface area (Å²) < 4.78 is 0. The minimum absolute atomic E-state index is 0.685. The number of rotatable bonds is 4. The maximum atomic E-state index is 6.20. The van der Waals surface area contributed by atoms with E-state index < -0.39 is 0 Å². The average Bonchev–Trinajstić information content (AvgIpc) is 2.38. The van der Waals surface area contributed by atoms with Crippen LogP contribution in [0.25, 0.3) is 11.4 Å². The lowest BCUT2D eigenvalue weighted by Crippen LogP contribution is -2.13. The predicted molar refractivity (Wildman–Crippen MR) is 79.6 cm³/mol. The maximum Gasteiger partial charge on any atom is 0.161 e. The average molecular weight is 276 g/mol. The minimum atomic E-state index is 0.685. The molecule has 0 aliphatic rings. The highest BCUT2D eigenvalue weighted by Gasteiger charge is 2.11. The van der Waals surface area contributed by atoms with E-state index in [-0.39, 0.29) is 0 Å². The smallest absolute Gasteiger partial charge is 0.161 e. The number of halogens is 1. The van der Waals surface area contributed by atoms with Crippen LogP contribution in [0, 0.1) is 13.8 Å². The third kappa shape index (κ3) is 3.11. The topological polar surface area (TPSA) is 37.8 Å². The van der Waals surface area contributed by atoms with Crippen molar-refractivity contribution >= 4 is 11.6 Å². The van der Waals surface area contributed by atoms with E-state index in [4.69, 9.17) is 11.6 Å². The summed E-state index contributed by atoms with van der Waals surface area (Å²) in [4.78, 5) is 9.19. The van der Waals surface area contributed by atoms with Crippen LogP contribution in [0.5, 0.6) is 0 Å². The summed E-state index contributed by atoms with van der Waals surface area (Å²) >= 11 is 6.20. The Morgan fingerprint density at radius 3 is 2.32 bits per heavy atom. The van der Waals surface area contributed by atoms with Crippen molar-refractivity contribution in [3.8, 4) is 11.4 Å². The molecule has 100 valence electrons. The molecule has 0 bridgehead atoms. The van der Waals surface area contributed by atoms with Gasteiger partial charge < -0.3 is 5.32 Å². The van der Waals surface area contributed by atoms with Crippen molar-refractivity contribution in [2.75, 3.05) is 13.6 Å². The van der Waals surface area contributed by atoms with Crippen LogP contribution >= 0.6 is 11.6 Å². The fourth-order valence-electron chi connectivity index (χ4n) is 2.11. The van der Waals surface area contributed by atoms with Crippen LogP contribution in [-0.2, 0) is 6.42 Å². The molecular weight excluding hydrogens is 258 g/mol. The number of nitrogens with zero attached hydrogens (tertiary/aromatic N) is 2. The second-order valence-electron chi connectivity index (χ2n) is 4.53. The number of likely N-dealkylation sites (N-methyl/N-ethyl adjacent to an activating group) is 1. The van der Waals surface area contributed by atoms with Crippen LogP contribution in [0.2, 0.25) is 5.02 Å². The lowest BCUT2D eigenvalue weighted by molar-refractivity contribution is 0.774. The summed E-state index contributed by atoms with van der Waals surface area (Å²) in [6, 6.07) is 7.67. The van der Waals surface area contributed by atoms with Crippen LogP contribution in [0.1, 0.15) is 17.0 Å². The molecule has 1 heterocycles. The molecule has 0 radical (unpaired) electrons. The molecule has 0 spiro atoms. The minimum Gasteiger partial charge on any atom is -0.319 e. The summed E-state index contributed by atoms with van der Waals surface area (Å²) in [5.41, 5.74) is 4.15. The monoisotopic (exact) mass is 275 g/mol. The second kappa shape index (κ2) is 6.13. The van der Waals surface area contributed by atoms with Gasteiger partial charge in [0.05, 0.1) is 5.02 Å². The Morgan fingerprint density at radius 2 is 1.74 bits per heavy atom. The molecule has 0 saturated heterocycles. The molecule has 0 saturated carbocycles. The zero-order chi connectivity index (χ0) is 13.8. The van der Waals surface area contributed by atoms with E-state index in [1.54, 1.807) is 0 Å². The van der Waals surface area contributed by atoms with Crippen molar-refractivity contribution in [1.29, 1.82) is 0 Å². The van der Waals surface area contributed by atoms with E-state index in [0.29, 0.717) is 10.8 Å². The van der Waals surface area contributed by atoms with Crippen molar-refractivity contribution in [3.63, 3.8) is 0 Å². The first-order valence-corrected chi connectivity index (χ1v) is 6.75. The quantitative estimate of drug-likeness (QED) is 0.931. The van der Waals surface area contributed by atoms with Gasteiger partial charge in [0.2, 0.25) is 0 Å². The first-order valence-electron chi connectivity index (χ1n) is 6.37. The highest BCUT2D eigenvalue weighted by atomic mass is 35.5. The van der Waals surface area contributed by atoms with Gasteiger partial charge in [-0.05, 0) is 51.6 Å². The Balaban J connectivity index is 2.43. The van der Waals surface area contributed by atoms with Crippen molar-refractivity contribution < 1.29 is 0 Å². The molecule has 0 amide bonds. The standard InChI is InChI=1S/C15H18ClN3/c1-10-12(8-9-17-3)11(2)19-15(18-10)13-6-4-5-7-14(13)16/h4-7,17H,8-9H2,1-3H3. The molecule has 1 aromatic heterocycles. The van der Waals surface area contributed by atoms with Gasteiger partial charge in [0.25, 0.3) is 0 Å². The molecule has 19 heavy (non-hydrogen) atoms. The Hall–Kier alpha value is -1.45. The van der Waals surface area contributed by atoms with Gasteiger partial charge in [0.1, 0.15) is 0 Å². The number of hydrogen-bond donors (Lipinski definition) is 1. The van der Waals surface area contributed by atoms with Gasteiger partial charge >= 0.3 is 0 Å². The Kier molecular flexibility index (Phi) is 4.51. The zero-order valence-corrected chi connectivity index (χ0v) is 12.3. The Labute approximate surface area is 119 Å². The number of nitrogens with one attached hydrogen (secondary N) is 1. The summed E-state index contributed by atoms with van der Waals surface area (Å²) in [5, 5.41) is 3.83. The largest absolute Gasteiger partial charge is 0.319 e. The molecule has 0 atom stereocenters. The lowest BCUT2D eigenvalue weighted by Gasteiger charge is -2.11. The summed E-state index contributed by atoms with van der Waals surface area (Å²) in [6.45, 7) is 4.98. The first-order chi connectivity index (χ1) is 9.13. The van der Waals surface area contributed by atoms with E-state index in [9.17, 15) is 0 Å². The van der Waals surface area contributed by atoms with E-state index in [1.165, 1.54) is 5.56 Å². The zero-order valence-electron chi connectivity index (χ0n) is 11.5. The fraction of sp³-hybridized carbons (Fsp3) is 0.333.